The SMILES string of the molecule is Cc1cccc(C(=O)OCc2cc([N+](=O)[O-])cc3c2OCOC3)c1C. The van der Waals surface area contributed by atoms with E-state index in [2.05, 4.69) is 0 Å². The van der Waals surface area contributed by atoms with Crippen molar-refractivity contribution in [2.45, 2.75) is 27.1 Å². The van der Waals surface area contributed by atoms with Gasteiger partial charge in [-0.3, -0.25) is 10.1 Å². The Labute approximate surface area is 144 Å². The lowest BCUT2D eigenvalue weighted by molar-refractivity contribution is -0.385. The molecule has 0 fully saturated rings. The molecule has 25 heavy (non-hydrogen) atoms. The van der Waals surface area contributed by atoms with Crippen molar-refractivity contribution in [1.82, 2.24) is 0 Å². The van der Waals surface area contributed by atoms with Crippen molar-refractivity contribution in [2.75, 3.05) is 6.79 Å². The highest BCUT2D eigenvalue weighted by Gasteiger charge is 2.22. The molecule has 0 radical (unpaired) electrons. The van der Waals surface area contributed by atoms with Crippen LogP contribution in [0.1, 0.15) is 32.6 Å². The number of hydrogen-bond acceptors (Lipinski definition) is 6. The van der Waals surface area contributed by atoms with Crippen molar-refractivity contribution in [3.8, 4) is 5.75 Å². The minimum Gasteiger partial charge on any atom is -0.467 e. The molecule has 0 unspecified atom stereocenters. The largest absolute Gasteiger partial charge is 0.467 e. The lowest BCUT2D eigenvalue weighted by Crippen LogP contribution is -2.15. The fourth-order valence-electron chi connectivity index (χ4n) is 2.69. The van der Waals surface area contributed by atoms with Gasteiger partial charge in [0.05, 0.1) is 17.1 Å². The number of benzene rings is 2. The predicted octanol–water partition coefficient (Wildman–Crippen LogP) is 3.44. The summed E-state index contributed by atoms with van der Waals surface area (Å²) in [5.41, 5.74) is 3.24. The molecule has 1 aliphatic rings. The van der Waals surface area contributed by atoms with Crippen LogP contribution in [0.4, 0.5) is 5.69 Å². The van der Waals surface area contributed by atoms with Gasteiger partial charge in [0.25, 0.3) is 5.69 Å². The highest BCUT2D eigenvalue weighted by Crippen LogP contribution is 2.33. The number of carbonyl (C=O) groups is 1. The molecule has 7 heteroatoms. The summed E-state index contributed by atoms with van der Waals surface area (Å²) in [5, 5.41) is 11.1. The van der Waals surface area contributed by atoms with Gasteiger partial charge in [-0.15, -0.1) is 0 Å². The van der Waals surface area contributed by atoms with Gasteiger partial charge in [0, 0.05) is 23.3 Å². The predicted molar refractivity (Wildman–Crippen MR) is 88.4 cm³/mol. The number of hydrogen-bond donors (Lipinski definition) is 0. The number of fused-ring (bicyclic) bond motifs is 1. The van der Waals surface area contributed by atoms with Crippen molar-refractivity contribution in [3.05, 3.63) is 68.3 Å². The van der Waals surface area contributed by atoms with E-state index in [1.54, 1.807) is 12.1 Å². The van der Waals surface area contributed by atoms with Crippen molar-refractivity contribution in [2.24, 2.45) is 0 Å². The molecule has 0 atom stereocenters. The van der Waals surface area contributed by atoms with Gasteiger partial charge in [0.15, 0.2) is 6.79 Å². The summed E-state index contributed by atoms with van der Waals surface area (Å²) in [5.74, 6) is -0.000806. The number of nitro benzene ring substituents is 1. The first kappa shape index (κ1) is 16.9. The second-order valence-electron chi connectivity index (χ2n) is 5.78. The maximum atomic E-state index is 12.4. The van der Waals surface area contributed by atoms with Crippen molar-refractivity contribution >= 4 is 11.7 Å². The van der Waals surface area contributed by atoms with Crippen molar-refractivity contribution in [1.29, 1.82) is 0 Å². The number of ether oxygens (including phenoxy) is 3. The Morgan fingerprint density at radius 1 is 1.32 bits per heavy atom. The summed E-state index contributed by atoms with van der Waals surface area (Å²) in [4.78, 5) is 23.0. The van der Waals surface area contributed by atoms with E-state index in [0.717, 1.165) is 11.1 Å². The summed E-state index contributed by atoms with van der Waals surface area (Å²) >= 11 is 0. The zero-order valence-corrected chi connectivity index (χ0v) is 13.9. The third kappa shape index (κ3) is 3.46. The second kappa shape index (κ2) is 6.90. The number of esters is 1. The molecule has 0 aliphatic carbocycles. The first-order valence-electron chi connectivity index (χ1n) is 7.71. The smallest absolute Gasteiger partial charge is 0.338 e. The Kier molecular flexibility index (Phi) is 4.67. The van der Waals surface area contributed by atoms with Crippen LogP contribution in [0, 0.1) is 24.0 Å². The van der Waals surface area contributed by atoms with E-state index in [0.29, 0.717) is 22.4 Å². The van der Waals surface area contributed by atoms with Crippen LogP contribution in [-0.4, -0.2) is 17.7 Å². The zero-order chi connectivity index (χ0) is 18.0. The van der Waals surface area contributed by atoms with Gasteiger partial charge in [0.2, 0.25) is 0 Å². The first-order chi connectivity index (χ1) is 12.0. The van der Waals surface area contributed by atoms with Crippen LogP contribution in [0.3, 0.4) is 0 Å². The molecule has 2 aromatic rings. The summed E-state index contributed by atoms with van der Waals surface area (Å²) < 4.78 is 16.0. The van der Waals surface area contributed by atoms with Crippen molar-refractivity contribution < 1.29 is 23.9 Å². The summed E-state index contributed by atoms with van der Waals surface area (Å²) in [6.07, 6.45) is 0. The molecule has 7 nitrogen and oxygen atoms in total. The number of aryl methyl sites for hydroxylation is 1. The highest BCUT2D eigenvalue weighted by atomic mass is 16.7. The van der Waals surface area contributed by atoms with Gasteiger partial charge in [-0.05, 0) is 31.0 Å². The van der Waals surface area contributed by atoms with Crippen LogP contribution >= 0.6 is 0 Å². The fraction of sp³-hybridized carbons (Fsp3) is 0.278. The fourth-order valence-corrected chi connectivity index (χ4v) is 2.69. The van der Waals surface area contributed by atoms with E-state index in [-0.39, 0.29) is 25.7 Å². The lowest BCUT2D eigenvalue weighted by Gasteiger charge is -2.20. The number of nitrogens with zero attached hydrogens (tertiary/aromatic N) is 1. The number of nitro groups is 1. The third-order valence-electron chi connectivity index (χ3n) is 4.17. The number of carbonyl (C=O) groups excluding carboxylic acids is 1. The summed E-state index contributed by atoms with van der Waals surface area (Å²) in [7, 11) is 0. The topological polar surface area (TPSA) is 87.9 Å². The van der Waals surface area contributed by atoms with Gasteiger partial charge < -0.3 is 14.2 Å². The van der Waals surface area contributed by atoms with Crippen LogP contribution < -0.4 is 4.74 Å². The monoisotopic (exact) mass is 343 g/mol. The quantitative estimate of drug-likeness (QED) is 0.480. The Balaban J connectivity index is 1.85. The van der Waals surface area contributed by atoms with Crippen LogP contribution in [0.5, 0.6) is 5.75 Å². The van der Waals surface area contributed by atoms with E-state index in [4.69, 9.17) is 14.2 Å². The molecule has 0 saturated carbocycles. The lowest BCUT2D eigenvalue weighted by atomic mass is 10.0. The van der Waals surface area contributed by atoms with Gasteiger partial charge in [-0.1, -0.05) is 12.1 Å². The molecule has 1 heterocycles. The Bertz CT molecular complexity index is 846. The summed E-state index contributed by atoms with van der Waals surface area (Å²) in [6.45, 7) is 3.92. The maximum absolute atomic E-state index is 12.4. The molecule has 0 saturated heterocycles. The number of rotatable bonds is 4. The molecule has 3 rings (SSSR count). The minimum absolute atomic E-state index is 0.0583. The molecular formula is C18H17NO6. The van der Waals surface area contributed by atoms with Crippen molar-refractivity contribution in [3.63, 3.8) is 0 Å². The van der Waals surface area contributed by atoms with Crippen LogP contribution in [-0.2, 0) is 22.7 Å². The van der Waals surface area contributed by atoms with Gasteiger partial charge in [-0.2, -0.15) is 0 Å². The van der Waals surface area contributed by atoms with E-state index >= 15 is 0 Å². The zero-order valence-electron chi connectivity index (χ0n) is 13.9. The normalized spacial score (nSPS) is 12.9. The third-order valence-corrected chi connectivity index (χ3v) is 4.17. The molecule has 0 aromatic heterocycles. The average molecular weight is 343 g/mol. The Morgan fingerprint density at radius 3 is 2.88 bits per heavy atom. The molecule has 130 valence electrons. The van der Waals surface area contributed by atoms with Crippen LogP contribution in [0.25, 0.3) is 0 Å². The minimum atomic E-state index is -0.495. The van der Waals surface area contributed by atoms with E-state index in [9.17, 15) is 14.9 Å². The van der Waals surface area contributed by atoms with E-state index in [1.807, 2.05) is 19.9 Å². The van der Waals surface area contributed by atoms with Crippen LogP contribution in [0.2, 0.25) is 0 Å². The van der Waals surface area contributed by atoms with Gasteiger partial charge in [-0.25, -0.2) is 4.79 Å². The molecular weight excluding hydrogens is 326 g/mol. The molecule has 0 spiro atoms. The average Bonchev–Trinajstić information content (AvgIpc) is 2.61. The summed E-state index contributed by atoms with van der Waals surface area (Å²) in [6, 6.07) is 8.16. The standard InChI is InChI=1S/C18H17NO6/c1-11-4-3-5-16(12(11)2)18(20)24-9-14-7-15(19(21)22)6-13-8-23-10-25-17(13)14/h3-7H,8-10H2,1-2H3. The molecule has 0 bridgehead atoms. The second-order valence-corrected chi connectivity index (χ2v) is 5.78. The molecule has 2 aromatic carbocycles. The Hall–Kier alpha value is -2.93. The molecule has 0 N–H and O–H groups in total. The molecule has 0 amide bonds. The van der Waals surface area contributed by atoms with E-state index < -0.39 is 10.9 Å². The first-order valence-corrected chi connectivity index (χ1v) is 7.71. The number of non-ortho nitro benzene ring substituents is 1. The van der Waals surface area contributed by atoms with Gasteiger partial charge in [0.1, 0.15) is 12.4 Å². The Morgan fingerprint density at radius 2 is 2.12 bits per heavy atom. The van der Waals surface area contributed by atoms with Gasteiger partial charge >= 0.3 is 5.97 Å². The van der Waals surface area contributed by atoms with Crippen LogP contribution in [0.15, 0.2) is 30.3 Å². The molecule has 1 aliphatic heterocycles. The maximum Gasteiger partial charge on any atom is 0.338 e. The van der Waals surface area contributed by atoms with E-state index in [1.165, 1.54) is 12.1 Å². The highest BCUT2D eigenvalue weighted by molar-refractivity contribution is 5.91.